The van der Waals surface area contributed by atoms with Gasteiger partial charge in [-0.15, -0.1) is 12.3 Å². The van der Waals surface area contributed by atoms with Crippen LogP contribution in [0.4, 0.5) is 5.69 Å². The summed E-state index contributed by atoms with van der Waals surface area (Å²) in [5, 5.41) is 2.56. The lowest BCUT2D eigenvalue weighted by Gasteiger charge is -2.10. The smallest absolute Gasteiger partial charge is 0.261 e. The number of fused-ring (bicyclic) bond motifs is 1. The molecule has 6 heteroatoms. The summed E-state index contributed by atoms with van der Waals surface area (Å²) in [5.41, 5.74) is 6.56. The molecule has 102 valence electrons. The number of amides is 3. The van der Waals surface area contributed by atoms with Gasteiger partial charge in [-0.05, 0) is 18.2 Å². The predicted octanol–water partition coefficient (Wildman–Crippen LogP) is 0.201. The summed E-state index contributed by atoms with van der Waals surface area (Å²) in [6, 6.07) is 3.69. The maximum absolute atomic E-state index is 11.8. The molecule has 0 spiro atoms. The topological polar surface area (TPSA) is 92.5 Å². The van der Waals surface area contributed by atoms with E-state index in [1.165, 1.54) is 19.2 Å². The average molecular weight is 271 g/mol. The van der Waals surface area contributed by atoms with Gasteiger partial charge >= 0.3 is 0 Å². The highest BCUT2D eigenvalue weighted by atomic mass is 16.2. The third kappa shape index (κ3) is 2.27. The zero-order chi connectivity index (χ0) is 14.9. The van der Waals surface area contributed by atoms with Gasteiger partial charge in [0.25, 0.3) is 11.8 Å². The Kier molecular flexibility index (Phi) is 3.55. The second-order valence-electron chi connectivity index (χ2n) is 4.43. The van der Waals surface area contributed by atoms with Crippen LogP contribution >= 0.6 is 0 Å². The van der Waals surface area contributed by atoms with E-state index >= 15 is 0 Å². The van der Waals surface area contributed by atoms with Crippen LogP contribution in [0.1, 0.15) is 27.1 Å². The molecule has 1 aromatic rings. The Balaban J connectivity index is 2.22. The van der Waals surface area contributed by atoms with Crippen molar-refractivity contribution in [3.63, 3.8) is 0 Å². The van der Waals surface area contributed by atoms with E-state index in [2.05, 4.69) is 11.2 Å². The summed E-state index contributed by atoms with van der Waals surface area (Å²) < 4.78 is 0. The Morgan fingerprint density at radius 1 is 1.40 bits per heavy atom. The monoisotopic (exact) mass is 271 g/mol. The molecule has 0 saturated heterocycles. The second-order valence-corrected chi connectivity index (χ2v) is 4.43. The SMILES string of the molecule is C#CCC(N)C(=O)Nc1ccc2c(c1)C(=O)N(C)C2=O. The van der Waals surface area contributed by atoms with E-state index in [-0.39, 0.29) is 17.9 Å². The Hall–Kier alpha value is -2.65. The molecule has 20 heavy (non-hydrogen) atoms. The number of nitrogens with one attached hydrogen (secondary N) is 1. The van der Waals surface area contributed by atoms with Crippen LogP contribution in [0.2, 0.25) is 0 Å². The standard InChI is InChI=1S/C14H13N3O3/c1-3-4-11(15)12(18)16-8-5-6-9-10(7-8)14(20)17(2)13(9)19/h1,5-7,11H,4,15H2,2H3,(H,16,18). The van der Waals surface area contributed by atoms with Crippen molar-refractivity contribution in [2.24, 2.45) is 5.73 Å². The number of imide groups is 1. The molecular weight excluding hydrogens is 258 g/mol. The van der Waals surface area contributed by atoms with Crippen LogP contribution in [-0.2, 0) is 4.79 Å². The molecule has 1 heterocycles. The van der Waals surface area contributed by atoms with Crippen LogP contribution in [0.15, 0.2) is 18.2 Å². The summed E-state index contributed by atoms with van der Waals surface area (Å²) >= 11 is 0. The molecule has 0 bridgehead atoms. The van der Waals surface area contributed by atoms with E-state index in [1.807, 2.05) is 0 Å². The molecule has 3 amide bonds. The van der Waals surface area contributed by atoms with Crippen LogP contribution in [0.3, 0.4) is 0 Å². The van der Waals surface area contributed by atoms with Crippen molar-refractivity contribution in [3.05, 3.63) is 29.3 Å². The van der Waals surface area contributed by atoms with E-state index in [4.69, 9.17) is 12.2 Å². The van der Waals surface area contributed by atoms with Gasteiger partial charge in [0.05, 0.1) is 17.2 Å². The molecule has 0 fully saturated rings. The molecule has 3 N–H and O–H groups in total. The molecule has 0 radical (unpaired) electrons. The fourth-order valence-electron chi connectivity index (χ4n) is 1.89. The number of terminal acetylenes is 1. The summed E-state index contributed by atoms with van der Waals surface area (Å²) in [5.74, 6) is 1.12. The van der Waals surface area contributed by atoms with Crippen molar-refractivity contribution in [1.82, 2.24) is 4.90 Å². The van der Waals surface area contributed by atoms with Crippen molar-refractivity contribution in [2.45, 2.75) is 12.5 Å². The molecule has 6 nitrogen and oxygen atoms in total. The number of anilines is 1. The molecule has 0 saturated carbocycles. The van der Waals surface area contributed by atoms with Crippen molar-refractivity contribution in [1.29, 1.82) is 0 Å². The molecular formula is C14H13N3O3. The Bertz CT molecular complexity index is 646. The van der Waals surface area contributed by atoms with Gasteiger partial charge in [-0.1, -0.05) is 0 Å². The van der Waals surface area contributed by atoms with Crippen LogP contribution in [0.25, 0.3) is 0 Å². The fraction of sp³-hybridized carbons (Fsp3) is 0.214. The molecule has 0 aromatic heterocycles. The molecule has 2 rings (SSSR count). The van der Waals surface area contributed by atoms with E-state index in [9.17, 15) is 14.4 Å². The number of carbonyl (C=O) groups excluding carboxylic acids is 3. The van der Waals surface area contributed by atoms with E-state index in [0.29, 0.717) is 11.3 Å². The average Bonchev–Trinajstić information content (AvgIpc) is 2.64. The Labute approximate surface area is 115 Å². The van der Waals surface area contributed by atoms with Crippen LogP contribution < -0.4 is 11.1 Å². The predicted molar refractivity (Wildman–Crippen MR) is 72.9 cm³/mol. The summed E-state index contributed by atoms with van der Waals surface area (Å²) in [4.78, 5) is 36.3. The number of carbonyl (C=O) groups is 3. The van der Waals surface area contributed by atoms with Crippen molar-refractivity contribution in [2.75, 3.05) is 12.4 Å². The summed E-state index contributed by atoms with van der Waals surface area (Å²) in [6.45, 7) is 0. The lowest BCUT2D eigenvalue weighted by atomic mass is 10.1. The largest absolute Gasteiger partial charge is 0.325 e. The minimum atomic E-state index is -0.812. The number of nitrogens with two attached hydrogens (primary N) is 1. The van der Waals surface area contributed by atoms with Gasteiger partial charge in [0.2, 0.25) is 5.91 Å². The minimum Gasteiger partial charge on any atom is -0.325 e. The molecule has 1 aromatic carbocycles. The van der Waals surface area contributed by atoms with Gasteiger partial charge in [-0.2, -0.15) is 0 Å². The quantitative estimate of drug-likeness (QED) is 0.607. The number of nitrogens with zero attached hydrogens (tertiary/aromatic N) is 1. The Morgan fingerprint density at radius 2 is 2.05 bits per heavy atom. The van der Waals surface area contributed by atoms with Gasteiger partial charge in [0.15, 0.2) is 0 Å². The maximum Gasteiger partial charge on any atom is 0.261 e. The third-order valence-corrected chi connectivity index (χ3v) is 3.03. The van der Waals surface area contributed by atoms with E-state index < -0.39 is 17.9 Å². The van der Waals surface area contributed by atoms with Crippen molar-refractivity contribution in [3.8, 4) is 12.3 Å². The van der Waals surface area contributed by atoms with E-state index in [0.717, 1.165) is 4.90 Å². The van der Waals surface area contributed by atoms with Gasteiger partial charge in [-0.3, -0.25) is 19.3 Å². The first kappa shape index (κ1) is 13.8. The zero-order valence-electron chi connectivity index (χ0n) is 10.8. The second kappa shape index (κ2) is 5.15. The molecule has 1 atom stereocenters. The van der Waals surface area contributed by atoms with Gasteiger partial charge in [0, 0.05) is 19.2 Å². The minimum absolute atomic E-state index is 0.122. The molecule has 1 aliphatic heterocycles. The van der Waals surface area contributed by atoms with Crippen molar-refractivity contribution >= 4 is 23.4 Å². The van der Waals surface area contributed by atoms with E-state index in [1.54, 1.807) is 6.07 Å². The number of benzene rings is 1. The first-order valence-electron chi connectivity index (χ1n) is 5.92. The highest BCUT2D eigenvalue weighted by Crippen LogP contribution is 2.24. The molecule has 0 aliphatic carbocycles. The maximum atomic E-state index is 11.8. The highest BCUT2D eigenvalue weighted by molar-refractivity contribution is 6.21. The lowest BCUT2D eigenvalue weighted by Crippen LogP contribution is -2.35. The first-order chi connectivity index (χ1) is 9.45. The van der Waals surface area contributed by atoms with Gasteiger partial charge in [-0.25, -0.2) is 0 Å². The highest BCUT2D eigenvalue weighted by Gasteiger charge is 2.32. The zero-order valence-corrected chi connectivity index (χ0v) is 10.8. The van der Waals surface area contributed by atoms with Crippen LogP contribution in [-0.4, -0.2) is 35.7 Å². The summed E-state index contributed by atoms with van der Waals surface area (Å²) in [7, 11) is 1.41. The summed E-state index contributed by atoms with van der Waals surface area (Å²) in [6.07, 6.45) is 5.21. The molecule has 1 unspecified atom stereocenters. The third-order valence-electron chi connectivity index (χ3n) is 3.03. The van der Waals surface area contributed by atoms with Gasteiger partial charge in [0.1, 0.15) is 0 Å². The van der Waals surface area contributed by atoms with Gasteiger partial charge < -0.3 is 11.1 Å². The van der Waals surface area contributed by atoms with Crippen LogP contribution in [0, 0.1) is 12.3 Å². The van der Waals surface area contributed by atoms with Crippen molar-refractivity contribution < 1.29 is 14.4 Å². The normalized spacial score (nSPS) is 14.8. The van der Waals surface area contributed by atoms with Crippen LogP contribution in [0.5, 0.6) is 0 Å². The number of rotatable bonds is 3. The fourth-order valence-corrected chi connectivity index (χ4v) is 1.89. The first-order valence-corrected chi connectivity index (χ1v) is 5.92. The number of hydrogen-bond acceptors (Lipinski definition) is 4. The Morgan fingerprint density at radius 3 is 2.70 bits per heavy atom. The molecule has 1 aliphatic rings. The lowest BCUT2D eigenvalue weighted by molar-refractivity contribution is -0.117. The number of hydrogen-bond donors (Lipinski definition) is 2.